The molecule has 1 aromatic heterocycles. The fraction of sp³-hybridized carbons (Fsp3) is 0.500. The minimum absolute atomic E-state index is 0.0710. The van der Waals surface area contributed by atoms with Crippen molar-refractivity contribution in [1.82, 2.24) is 15.3 Å². The zero-order chi connectivity index (χ0) is 13.5. The monoisotopic (exact) mass is 291 g/mol. The molecule has 0 bridgehead atoms. The van der Waals surface area contributed by atoms with Crippen LogP contribution in [0.5, 0.6) is 0 Å². The second kappa shape index (κ2) is 7.52. The minimum atomic E-state index is -0.764. The summed E-state index contributed by atoms with van der Waals surface area (Å²) >= 11 is 7.15. The van der Waals surface area contributed by atoms with Crippen LogP contribution >= 0.6 is 23.4 Å². The molecule has 2 N–H and O–H groups in total. The van der Waals surface area contributed by atoms with E-state index in [2.05, 4.69) is 15.3 Å². The normalized spacial score (nSPS) is 12.2. The number of hydrogen-bond acceptors (Lipinski definition) is 6. The highest BCUT2D eigenvalue weighted by Gasteiger charge is 2.15. The summed E-state index contributed by atoms with van der Waals surface area (Å²) in [6, 6.07) is 0. The third kappa shape index (κ3) is 4.41. The SMILES string of the molecule is COCC(O)CNC(=O)c1nc(SC)ncc1Cl. The number of methoxy groups -OCH3 is 1. The highest BCUT2D eigenvalue weighted by atomic mass is 35.5. The second-order valence-corrected chi connectivity index (χ2v) is 4.55. The number of halogens is 1. The van der Waals surface area contributed by atoms with Crippen LogP contribution in [0.2, 0.25) is 5.02 Å². The summed E-state index contributed by atoms with van der Waals surface area (Å²) in [4.78, 5) is 19.7. The van der Waals surface area contributed by atoms with Crippen LogP contribution in [0.4, 0.5) is 0 Å². The van der Waals surface area contributed by atoms with Gasteiger partial charge in [0.25, 0.3) is 5.91 Å². The Kier molecular flexibility index (Phi) is 6.34. The van der Waals surface area contributed by atoms with Gasteiger partial charge in [-0.3, -0.25) is 4.79 Å². The lowest BCUT2D eigenvalue weighted by Crippen LogP contribution is -2.35. The molecule has 8 heteroatoms. The molecule has 0 saturated carbocycles. The van der Waals surface area contributed by atoms with Crippen molar-refractivity contribution in [2.24, 2.45) is 0 Å². The van der Waals surface area contributed by atoms with Crippen molar-refractivity contribution in [3.63, 3.8) is 0 Å². The van der Waals surface area contributed by atoms with E-state index in [1.54, 1.807) is 6.26 Å². The number of carbonyl (C=O) groups excluding carboxylic acids is 1. The minimum Gasteiger partial charge on any atom is -0.389 e. The highest BCUT2D eigenvalue weighted by Crippen LogP contribution is 2.16. The first-order chi connectivity index (χ1) is 8.58. The number of rotatable bonds is 6. The van der Waals surface area contributed by atoms with E-state index in [9.17, 15) is 9.90 Å². The van der Waals surface area contributed by atoms with Gasteiger partial charge in [-0.25, -0.2) is 9.97 Å². The summed E-state index contributed by atoms with van der Waals surface area (Å²) in [5.41, 5.74) is 0.0978. The zero-order valence-electron chi connectivity index (χ0n) is 10.0. The Morgan fingerprint density at radius 2 is 2.44 bits per heavy atom. The smallest absolute Gasteiger partial charge is 0.271 e. The zero-order valence-corrected chi connectivity index (χ0v) is 11.6. The van der Waals surface area contributed by atoms with Gasteiger partial charge in [-0.2, -0.15) is 0 Å². The van der Waals surface area contributed by atoms with Crippen LogP contribution in [0.3, 0.4) is 0 Å². The number of nitrogens with one attached hydrogen (secondary N) is 1. The molecule has 0 radical (unpaired) electrons. The molecule has 1 unspecified atom stereocenters. The molecule has 1 rings (SSSR count). The molecule has 18 heavy (non-hydrogen) atoms. The molecule has 0 saturated heterocycles. The lowest BCUT2D eigenvalue weighted by Gasteiger charge is -2.11. The number of aliphatic hydroxyl groups excluding tert-OH is 1. The summed E-state index contributed by atoms with van der Waals surface area (Å²) in [6.07, 6.45) is 2.41. The first-order valence-corrected chi connectivity index (χ1v) is 6.70. The molecular formula is C10H14ClN3O3S. The molecular weight excluding hydrogens is 278 g/mol. The third-order valence-corrected chi connectivity index (χ3v) is 2.82. The number of amides is 1. The van der Waals surface area contributed by atoms with Gasteiger partial charge in [-0.15, -0.1) is 0 Å². The first-order valence-electron chi connectivity index (χ1n) is 5.10. The van der Waals surface area contributed by atoms with Gasteiger partial charge in [-0.05, 0) is 6.26 Å². The summed E-state index contributed by atoms with van der Waals surface area (Å²) < 4.78 is 4.75. The lowest BCUT2D eigenvalue weighted by atomic mass is 10.3. The van der Waals surface area contributed by atoms with Crippen LogP contribution in [-0.4, -0.2) is 53.6 Å². The Morgan fingerprint density at radius 3 is 3.06 bits per heavy atom. The fourth-order valence-electron chi connectivity index (χ4n) is 1.15. The van der Waals surface area contributed by atoms with Gasteiger partial charge in [0.2, 0.25) is 0 Å². The molecule has 0 aromatic carbocycles. The number of thioether (sulfide) groups is 1. The number of hydrogen-bond donors (Lipinski definition) is 2. The maximum Gasteiger partial charge on any atom is 0.271 e. The highest BCUT2D eigenvalue weighted by molar-refractivity contribution is 7.98. The van der Waals surface area contributed by atoms with Crippen molar-refractivity contribution in [2.45, 2.75) is 11.3 Å². The van der Waals surface area contributed by atoms with E-state index in [-0.39, 0.29) is 23.9 Å². The van der Waals surface area contributed by atoms with E-state index in [0.717, 1.165) is 0 Å². The number of nitrogens with zero attached hydrogens (tertiary/aromatic N) is 2. The molecule has 100 valence electrons. The molecule has 0 spiro atoms. The number of aromatic nitrogens is 2. The molecule has 1 amide bonds. The van der Waals surface area contributed by atoms with E-state index in [0.29, 0.717) is 5.16 Å². The number of ether oxygens (including phenoxy) is 1. The van der Waals surface area contributed by atoms with Crippen molar-refractivity contribution in [3.8, 4) is 0 Å². The third-order valence-electron chi connectivity index (χ3n) is 1.98. The predicted octanol–water partition coefficient (Wildman–Crippen LogP) is 0.589. The Morgan fingerprint density at radius 1 is 1.72 bits per heavy atom. The van der Waals surface area contributed by atoms with E-state index in [1.807, 2.05) is 0 Å². The summed E-state index contributed by atoms with van der Waals surface area (Å²) in [5, 5.41) is 12.6. The van der Waals surface area contributed by atoms with Gasteiger partial charge in [0.1, 0.15) is 0 Å². The Balaban J connectivity index is 2.66. The van der Waals surface area contributed by atoms with E-state index in [1.165, 1.54) is 25.1 Å². The van der Waals surface area contributed by atoms with Crippen molar-refractivity contribution in [3.05, 3.63) is 16.9 Å². The average molecular weight is 292 g/mol. The van der Waals surface area contributed by atoms with Crippen LogP contribution in [0.15, 0.2) is 11.4 Å². The van der Waals surface area contributed by atoms with Crippen molar-refractivity contribution < 1.29 is 14.6 Å². The van der Waals surface area contributed by atoms with Crippen LogP contribution in [0.25, 0.3) is 0 Å². The van der Waals surface area contributed by atoms with Crippen LogP contribution in [-0.2, 0) is 4.74 Å². The summed E-state index contributed by atoms with van der Waals surface area (Å²) in [7, 11) is 1.47. The van der Waals surface area contributed by atoms with Gasteiger partial charge in [0, 0.05) is 13.7 Å². The first kappa shape index (κ1) is 15.2. The number of carbonyl (C=O) groups is 1. The largest absolute Gasteiger partial charge is 0.389 e. The number of aliphatic hydroxyl groups is 1. The summed E-state index contributed by atoms with van der Waals surface area (Å²) in [6.45, 7) is 0.218. The van der Waals surface area contributed by atoms with Gasteiger partial charge in [0.15, 0.2) is 10.9 Å². The van der Waals surface area contributed by atoms with Crippen molar-refractivity contribution >= 4 is 29.3 Å². The van der Waals surface area contributed by atoms with Gasteiger partial charge in [-0.1, -0.05) is 23.4 Å². The summed E-state index contributed by atoms with van der Waals surface area (Å²) in [5.74, 6) is -0.451. The van der Waals surface area contributed by atoms with Crippen LogP contribution < -0.4 is 5.32 Å². The van der Waals surface area contributed by atoms with Gasteiger partial charge < -0.3 is 15.2 Å². The van der Waals surface area contributed by atoms with Crippen LogP contribution in [0, 0.1) is 0 Å². The molecule has 1 atom stereocenters. The second-order valence-electron chi connectivity index (χ2n) is 3.37. The molecule has 1 heterocycles. The quantitative estimate of drug-likeness (QED) is 0.589. The molecule has 0 fully saturated rings. The van der Waals surface area contributed by atoms with Crippen molar-refractivity contribution in [1.29, 1.82) is 0 Å². The standard InChI is InChI=1S/C10H14ClN3O3S/c1-17-5-6(15)3-12-9(16)8-7(11)4-13-10(14-8)18-2/h4,6,15H,3,5H2,1-2H3,(H,12,16). The van der Waals surface area contributed by atoms with Crippen molar-refractivity contribution in [2.75, 3.05) is 26.5 Å². The molecule has 6 nitrogen and oxygen atoms in total. The Hall–Kier alpha value is -0.890. The topological polar surface area (TPSA) is 84.3 Å². The molecule has 0 aliphatic heterocycles. The fourth-order valence-corrected chi connectivity index (χ4v) is 1.67. The van der Waals surface area contributed by atoms with E-state index >= 15 is 0 Å². The van der Waals surface area contributed by atoms with E-state index in [4.69, 9.17) is 16.3 Å². The van der Waals surface area contributed by atoms with E-state index < -0.39 is 12.0 Å². The Labute approximate surface area is 114 Å². The average Bonchev–Trinajstić information content (AvgIpc) is 2.37. The van der Waals surface area contributed by atoms with Gasteiger partial charge >= 0.3 is 0 Å². The molecule has 1 aromatic rings. The molecule has 0 aliphatic rings. The van der Waals surface area contributed by atoms with Crippen LogP contribution in [0.1, 0.15) is 10.5 Å². The maximum absolute atomic E-state index is 11.8. The lowest BCUT2D eigenvalue weighted by molar-refractivity contribution is 0.0608. The maximum atomic E-state index is 11.8. The predicted molar refractivity (Wildman–Crippen MR) is 69.0 cm³/mol. The van der Waals surface area contributed by atoms with Gasteiger partial charge in [0.05, 0.1) is 23.9 Å². The Bertz CT molecular complexity index is 419. The molecule has 0 aliphatic carbocycles.